The average Bonchev–Trinajstić information content (AvgIpc) is 2.14. The summed E-state index contributed by atoms with van der Waals surface area (Å²) >= 11 is 0. The average molecular weight is 186 g/mol. The lowest BCUT2D eigenvalue weighted by Gasteiger charge is -1.96. The summed E-state index contributed by atoms with van der Waals surface area (Å²) in [5.74, 6) is 0.0247. The summed E-state index contributed by atoms with van der Waals surface area (Å²) in [5, 5.41) is 0. The molecule has 0 atom stereocenters. The van der Waals surface area contributed by atoms with E-state index in [1.807, 2.05) is 38.1 Å². The van der Waals surface area contributed by atoms with Gasteiger partial charge in [0.2, 0.25) is 0 Å². The molecule has 0 aromatic heterocycles. The Morgan fingerprint density at radius 1 is 1.36 bits per heavy atom. The van der Waals surface area contributed by atoms with E-state index in [9.17, 15) is 4.79 Å². The molecule has 0 fully saturated rings. The fraction of sp³-hybridized carbons (Fsp3) is 0.154. The van der Waals surface area contributed by atoms with Gasteiger partial charge in [0.1, 0.15) is 0 Å². The molecule has 0 saturated carbocycles. The molecule has 0 bridgehead atoms. The molecule has 1 aromatic rings. The number of rotatable bonds is 3. The van der Waals surface area contributed by atoms with Gasteiger partial charge in [-0.2, -0.15) is 0 Å². The van der Waals surface area contributed by atoms with Gasteiger partial charge in [0.15, 0.2) is 5.78 Å². The Bertz CT molecular complexity index is 386. The van der Waals surface area contributed by atoms with E-state index in [4.69, 9.17) is 0 Å². The highest BCUT2D eigenvalue weighted by Crippen LogP contribution is 2.06. The first-order chi connectivity index (χ1) is 6.59. The largest absolute Gasteiger partial charge is 0.289 e. The van der Waals surface area contributed by atoms with Crippen molar-refractivity contribution in [3.8, 4) is 0 Å². The van der Waals surface area contributed by atoms with E-state index in [2.05, 4.69) is 6.58 Å². The summed E-state index contributed by atoms with van der Waals surface area (Å²) in [4.78, 5) is 11.6. The molecule has 0 heterocycles. The molecule has 0 unspecified atom stereocenters. The van der Waals surface area contributed by atoms with Gasteiger partial charge in [-0.25, -0.2) is 0 Å². The third kappa shape index (κ3) is 3.02. The number of carbonyl (C=O) groups excluding carboxylic acids is 1. The Morgan fingerprint density at radius 3 is 2.64 bits per heavy atom. The molecular weight excluding hydrogens is 172 g/mol. The molecule has 72 valence electrons. The van der Waals surface area contributed by atoms with Crippen molar-refractivity contribution in [3.05, 3.63) is 59.7 Å². The number of aryl methyl sites for hydroxylation is 1. The normalized spacial score (nSPS) is 10.4. The molecule has 14 heavy (non-hydrogen) atoms. The third-order valence-electron chi connectivity index (χ3n) is 1.82. The van der Waals surface area contributed by atoms with Crippen LogP contribution in [0.3, 0.4) is 0 Å². The molecule has 0 amide bonds. The smallest absolute Gasteiger partial charge is 0.185 e. The summed E-state index contributed by atoms with van der Waals surface area (Å²) in [5.41, 5.74) is 2.70. The van der Waals surface area contributed by atoms with Crippen LogP contribution in [0.2, 0.25) is 0 Å². The van der Waals surface area contributed by atoms with E-state index in [1.165, 1.54) is 0 Å². The molecule has 1 heteroatoms. The van der Waals surface area contributed by atoms with E-state index in [0.717, 1.165) is 16.7 Å². The molecule has 0 spiro atoms. The van der Waals surface area contributed by atoms with Crippen LogP contribution in [0.1, 0.15) is 22.8 Å². The van der Waals surface area contributed by atoms with Gasteiger partial charge in [-0.15, -0.1) is 0 Å². The molecule has 0 aliphatic heterocycles. The fourth-order valence-electron chi connectivity index (χ4n) is 1.11. The Balaban J connectivity index is 2.85. The Hall–Kier alpha value is -1.63. The molecule has 0 saturated heterocycles. The van der Waals surface area contributed by atoms with Gasteiger partial charge >= 0.3 is 0 Å². The highest BCUT2D eigenvalue weighted by molar-refractivity contribution is 6.04. The van der Waals surface area contributed by atoms with Crippen LogP contribution < -0.4 is 0 Å². The van der Waals surface area contributed by atoms with Crippen molar-refractivity contribution < 1.29 is 4.79 Å². The van der Waals surface area contributed by atoms with Crippen molar-refractivity contribution in [2.75, 3.05) is 0 Å². The van der Waals surface area contributed by atoms with E-state index in [1.54, 1.807) is 12.2 Å². The number of allylic oxidation sites excluding steroid dienone is 3. The summed E-state index contributed by atoms with van der Waals surface area (Å²) in [7, 11) is 0. The number of carbonyl (C=O) groups is 1. The highest BCUT2D eigenvalue weighted by Gasteiger charge is 2.00. The zero-order valence-corrected chi connectivity index (χ0v) is 8.58. The second kappa shape index (κ2) is 4.56. The quantitative estimate of drug-likeness (QED) is 0.402. The molecular formula is C13H14O. The van der Waals surface area contributed by atoms with Crippen LogP contribution in [0.4, 0.5) is 0 Å². The van der Waals surface area contributed by atoms with Crippen LogP contribution in [-0.2, 0) is 0 Å². The number of benzene rings is 1. The second-order valence-electron chi connectivity index (χ2n) is 3.41. The summed E-state index contributed by atoms with van der Waals surface area (Å²) in [6.45, 7) is 7.53. The van der Waals surface area contributed by atoms with E-state index < -0.39 is 0 Å². The molecule has 0 aliphatic carbocycles. The third-order valence-corrected chi connectivity index (χ3v) is 1.82. The number of ketones is 1. The second-order valence-corrected chi connectivity index (χ2v) is 3.41. The minimum Gasteiger partial charge on any atom is -0.289 e. The van der Waals surface area contributed by atoms with Crippen molar-refractivity contribution in [2.24, 2.45) is 0 Å². The Morgan fingerprint density at radius 2 is 2.07 bits per heavy atom. The molecule has 0 aliphatic rings. The molecule has 1 nitrogen and oxygen atoms in total. The van der Waals surface area contributed by atoms with Crippen LogP contribution in [0.25, 0.3) is 0 Å². The van der Waals surface area contributed by atoms with Crippen molar-refractivity contribution in [2.45, 2.75) is 13.8 Å². The number of hydrogen-bond acceptors (Lipinski definition) is 1. The van der Waals surface area contributed by atoms with Crippen molar-refractivity contribution in [1.82, 2.24) is 0 Å². The lowest BCUT2D eigenvalue weighted by atomic mass is 10.1. The summed E-state index contributed by atoms with van der Waals surface area (Å²) in [6.07, 6.45) is 3.28. The zero-order chi connectivity index (χ0) is 10.6. The van der Waals surface area contributed by atoms with Crippen LogP contribution in [0.15, 0.2) is 48.6 Å². The Kier molecular flexibility index (Phi) is 3.41. The monoisotopic (exact) mass is 186 g/mol. The molecule has 0 radical (unpaired) electrons. The summed E-state index contributed by atoms with van der Waals surface area (Å²) in [6, 6.07) is 7.56. The van der Waals surface area contributed by atoms with Crippen LogP contribution in [-0.4, -0.2) is 5.78 Å². The topological polar surface area (TPSA) is 17.1 Å². The first-order valence-corrected chi connectivity index (χ1v) is 4.54. The minimum absolute atomic E-state index is 0.0247. The van der Waals surface area contributed by atoms with Crippen LogP contribution in [0.5, 0.6) is 0 Å². The van der Waals surface area contributed by atoms with Gasteiger partial charge in [0.25, 0.3) is 0 Å². The maximum atomic E-state index is 11.6. The lowest BCUT2D eigenvalue weighted by molar-refractivity contribution is 0.104. The van der Waals surface area contributed by atoms with Gasteiger partial charge in [0, 0.05) is 5.56 Å². The van der Waals surface area contributed by atoms with E-state index in [0.29, 0.717) is 0 Å². The van der Waals surface area contributed by atoms with Crippen molar-refractivity contribution in [3.63, 3.8) is 0 Å². The zero-order valence-electron chi connectivity index (χ0n) is 8.58. The van der Waals surface area contributed by atoms with E-state index in [-0.39, 0.29) is 5.78 Å². The Labute approximate surface area is 84.8 Å². The van der Waals surface area contributed by atoms with Gasteiger partial charge in [-0.3, -0.25) is 4.79 Å². The standard InChI is InChI=1S/C13H14O/c1-10(2)7-8-13(14)12-6-4-5-11(3)9-12/h4-9H,1H2,2-3H3/b8-7+. The lowest BCUT2D eigenvalue weighted by Crippen LogP contribution is -1.94. The summed E-state index contributed by atoms with van der Waals surface area (Å²) < 4.78 is 0. The SMILES string of the molecule is C=C(C)/C=C/C(=O)c1cccc(C)c1. The predicted octanol–water partition coefficient (Wildman–Crippen LogP) is 3.31. The van der Waals surface area contributed by atoms with Crippen molar-refractivity contribution >= 4 is 5.78 Å². The van der Waals surface area contributed by atoms with Gasteiger partial charge in [-0.05, 0) is 26.0 Å². The van der Waals surface area contributed by atoms with Crippen LogP contribution >= 0.6 is 0 Å². The molecule has 1 rings (SSSR count). The molecule has 1 aromatic carbocycles. The minimum atomic E-state index is 0.0247. The maximum Gasteiger partial charge on any atom is 0.185 e. The van der Waals surface area contributed by atoms with Gasteiger partial charge in [0.05, 0.1) is 0 Å². The van der Waals surface area contributed by atoms with Gasteiger partial charge < -0.3 is 0 Å². The van der Waals surface area contributed by atoms with Gasteiger partial charge in [-0.1, -0.05) is 42.0 Å². The molecule has 0 N–H and O–H groups in total. The number of hydrogen-bond donors (Lipinski definition) is 0. The fourth-order valence-corrected chi connectivity index (χ4v) is 1.11. The predicted molar refractivity (Wildman–Crippen MR) is 59.5 cm³/mol. The first-order valence-electron chi connectivity index (χ1n) is 4.54. The van der Waals surface area contributed by atoms with E-state index >= 15 is 0 Å². The highest BCUT2D eigenvalue weighted by atomic mass is 16.1. The van der Waals surface area contributed by atoms with Crippen LogP contribution in [0, 0.1) is 6.92 Å². The van der Waals surface area contributed by atoms with Crippen molar-refractivity contribution in [1.29, 1.82) is 0 Å². The first kappa shape index (κ1) is 10.5. The maximum absolute atomic E-state index is 11.6.